The summed E-state index contributed by atoms with van der Waals surface area (Å²) in [6, 6.07) is 14.4. The molecule has 31 heavy (non-hydrogen) atoms. The first-order chi connectivity index (χ1) is 14.9. The fourth-order valence-corrected chi connectivity index (χ4v) is 4.83. The van der Waals surface area contributed by atoms with Gasteiger partial charge in [0.25, 0.3) is 5.91 Å². The second-order valence-corrected chi connectivity index (χ2v) is 8.90. The Morgan fingerprint density at radius 1 is 1.26 bits per heavy atom. The molecule has 3 aliphatic rings. The normalized spacial score (nSPS) is 21.8. The number of fused-ring (bicyclic) bond motifs is 3. The summed E-state index contributed by atoms with van der Waals surface area (Å²) in [5, 5.41) is 4.23. The molecule has 5 rings (SSSR count). The molecule has 2 aromatic carbocycles. The molecule has 1 atom stereocenters. The molecule has 1 N–H and O–H groups in total. The van der Waals surface area contributed by atoms with Gasteiger partial charge in [-0.25, -0.2) is 5.43 Å². The molecular formula is C24H29N5O2. The molecule has 0 bridgehead atoms. The number of hydrazone groups is 1. The second kappa shape index (κ2) is 7.27. The number of anilines is 2. The van der Waals surface area contributed by atoms with Crippen LogP contribution in [0.1, 0.15) is 20.8 Å². The number of nitrogens with one attached hydrogen (secondary N) is 1. The van der Waals surface area contributed by atoms with Gasteiger partial charge in [-0.2, -0.15) is 5.10 Å². The monoisotopic (exact) mass is 419 g/mol. The average Bonchev–Trinajstić information content (AvgIpc) is 2.78. The molecule has 1 fully saturated rings. The van der Waals surface area contributed by atoms with E-state index in [9.17, 15) is 4.79 Å². The van der Waals surface area contributed by atoms with Crippen molar-refractivity contribution < 1.29 is 9.53 Å². The number of amidine groups is 1. The Bertz CT molecular complexity index is 1050. The van der Waals surface area contributed by atoms with E-state index in [1.807, 2.05) is 17.9 Å². The molecule has 1 amide bonds. The van der Waals surface area contributed by atoms with Crippen molar-refractivity contribution in [2.45, 2.75) is 32.4 Å². The molecule has 2 aromatic rings. The van der Waals surface area contributed by atoms with Crippen molar-refractivity contribution in [3.8, 4) is 16.9 Å². The van der Waals surface area contributed by atoms with Gasteiger partial charge in [0.15, 0.2) is 5.84 Å². The highest BCUT2D eigenvalue weighted by Gasteiger charge is 2.43. The van der Waals surface area contributed by atoms with Crippen molar-refractivity contribution >= 4 is 23.1 Å². The van der Waals surface area contributed by atoms with Gasteiger partial charge in [-0.05, 0) is 38.1 Å². The minimum absolute atomic E-state index is 0.0467. The largest absolute Gasteiger partial charge is 0.483 e. The number of rotatable bonds is 4. The van der Waals surface area contributed by atoms with Crippen LogP contribution in [-0.2, 0) is 4.79 Å². The topological polar surface area (TPSA) is 60.4 Å². The highest BCUT2D eigenvalue weighted by atomic mass is 16.5. The van der Waals surface area contributed by atoms with Crippen molar-refractivity contribution in [3.63, 3.8) is 0 Å². The maximum Gasteiger partial charge on any atom is 0.262 e. The Morgan fingerprint density at radius 2 is 2.00 bits per heavy atom. The molecule has 7 nitrogen and oxygen atoms in total. The van der Waals surface area contributed by atoms with E-state index in [-0.39, 0.29) is 17.5 Å². The number of amides is 1. The summed E-state index contributed by atoms with van der Waals surface area (Å²) in [6.45, 7) is 9.87. The Balaban J connectivity index is 1.64. The van der Waals surface area contributed by atoms with E-state index in [2.05, 4.69) is 77.6 Å². The molecular weight excluding hydrogens is 390 g/mol. The fraction of sp³-hybridized carbons (Fsp3) is 0.417. The third kappa shape index (κ3) is 3.15. The van der Waals surface area contributed by atoms with Crippen molar-refractivity contribution in [1.29, 1.82) is 0 Å². The lowest BCUT2D eigenvalue weighted by atomic mass is 9.88. The first-order valence-corrected chi connectivity index (χ1v) is 10.9. The van der Waals surface area contributed by atoms with Crippen LogP contribution >= 0.6 is 0 Å². The zero-order chi connectivity index (χ0) is 21.8. The van der Waals surface area contributed by atoms with E-state index >= 15 is 0 Å². The number of carbonyl (C=O) groups is 1. The molecule has 1 saturated heterocycles. The number of likely N-dealkylation sites (tertiary alicyclic amines) is 1. The molecule has 3 heterocycles. The molecule has 1 unspecified atom stereocenters. The lowest BCUT2D eigenvalue weighted by Gasteiger charge is -2.54. The van der Waals surface area contributed by atoms with E-state index in [4.69, 9.17) is 4.74 Å². The van der Waals surface area contributed by atoms with Crippen molar-refractivity contribution in [1.82, 2.24) is 10.3 Å². The third-order valence-electron chi connectivity index (χ3n) is 6.87. The average molecular weight is 420 g/mol. The Hall–Kier alpha value is -3.06. The molecule has 0 saturated carbocycles. The van der Waals surface area contributed by atoms with E-state index < -0.39 is 0 Å². The lowest BCUT2D eigenvalue weighted by molar-refractivity contribution is -0.122. The molecule has 162 valence electrons. The minimum atomic E-state index is -0.342. The number of likely N-dealkylation sites (N-methyl/N-ethyl adjacent to an activating group) is 2. The van der Waals surface area contributed by atoms with Crippen LogP contribution in [0.4, 0.5) is 11.4 Å². The summed E-state index contributed by atoms with van der Waals surface area (Å²) in [5.41, 5.74) is 6.95. The Labute approximate surface area is 183 Å². The van der Waals surface area contributed by atoms with Gasteiger partial charge in [0.05, 0.1) is 11.2 Å². The number of hydrogen-bond acceptors (Lipinski definition) is 6. The summed E-state index contributed by atoms with van der Waals surface area (Å²) in [5.74, 6) is 1.40. The molecule has 7 heteroatoms. The van der Waals surface area contributed by atoms with Gasteiger partial charge in [0, 0.05) is 31.4 Å². The zero-order valence-electron chi connectivity index (χ0n) is 18.6. The maximum absolute atomic E-state index is 12.3. The number of carbonyl (C=O) groups excluding carboxylic acids is 1. The SMILES string of the molecule is CCN1CC(C)(N(C)c2cc3c(cc2-c2ccccc2)OCC2=NNC(=O)C(C)N23)C1. The summed E-state index contributed by atoms with van der Waals surface area (Å²) in [4.78, 5) is 19.2. The standard InChI is InChI=1S/C24H29N5O2/c1-5-28-14-24(3,15-28)27(4)19-12-20-21(11-18(19)17-9-7-6-8-10-17)31-13-22-25-26-23(30)16(2)29(20)22/h6-12,16H,5,13-15H2,1-4H3,(H,26,30). The van der Waals surface area contributed by atoms with Gasteiger partial charge in [0.2, 0.25) is 0 Å². The third-order valence-corrected chi connectivity index (χ3v) is 6.87. The van der Waals surface area contributed by atoms with Crippen LogP contribution in [-0.4, -0.2) is 61.5 Å². The van der Waals surface area contributed by atoms with Crippen LogP contribution in [0.3, 0.4) is 0 Å². The van der Waals surface area contributed by atoms with Gasteiger partial charge in [-0.1, -0.05) is 37.3 Å². The van der Waals surface area contributed by atoms with Crippen LogP contribution in [0.25, 0.3) is 11.1 Å². The maximum atomic E-state index is 12.3. The van der Waals surface area contributed by atoms with Crippen LogP contribution in [0.15, 0.2) is 47.6 Å². The smallest absolute Gasteiger partial charge is 0.262 e. The van der Waals surface area contributed by atoms with E-state index in [0.717, 1.165) is 53.7 Å². The highest BCUT2D eigenvalue weighted by molar-refractivity contribution is 6.10. The number of hydrogen-bond donors (Lipinski definition) is 1. The summed E-state index contributed by atoms with van der Waals surface area (Å²) < 4.78 is 6.08. The van der Waals surface area contributed by atoms with Gasteiger partial charge in [0.1, 0.15) is 18.4 Å². The first kappa shape index (κ1) is 19.9. The van der Waals surface area contributed by atoms with Crippen LogP contribution < -0.4 is 20.0 Å². The highest BCUT2D eigenvalue weighted by Crippen LogP contribution is 2.45. The summed E-state index contributed by atoms with van der Waals surface area (Å²) in [7, 11) is 2.17. The number of ether oxygens (including phenoxy) is 1. The second-order valence-electron chi connectivity index (χ2n) is 8.90. The molecule has 0 aromatic heterocycles. The minimum Gasteiger partial charge on any atom is -0.483 e. The molecule has 0 aliphatic carbocycles. The summed E-state index contributed by atoms with van der Waals surface area (Å²) in [6.07, 6.45) is 0. The summed E-state index contributed by atoms with van der Waals surface area (Å²) >= 11 is 0. The van der Waals surface area contributed by atoms with Gasteiger partial charge < -0.3 is 14.5 Å². The van der Waals surface area contributed by atoms with Gasteiger partial charge in [-0.3, -0.25) is 9.69 Å². The molecule has 3 aliphatic heterocycles. The van der Waals surface area contributed by atoms with Gasteiger partial charge >= 0.3 is 0 Å². The van der Waals surface area contributed by atoms with E-state index in [1.165, 1.54) is 0 Å². The van der Waals surface area contributed by atoms with Crippen molar-refractivity contribution in [3.05, 3.63) is 42.5 Å². The quantitative estimate of drug-likeness (QED) is 0.826. The fourth-order valence-electron chi connectivity index (χ4n) is 4.83. The predicted octanol–water partition coefficient (Wildman–Crippen LogP) is 2.91. The number of benzene rings is 2. The van der Waals surface area contributed by atoms with Crippen LogP contribution in [0.2, 0.25) is 0 Å². The molecule has 0 radical (unpaired) electrons. The number of nitrogens with zero attached hydrogens (tertiary/aromatic N) is 4. The van der Waals surface area contributed by atoms with E-state index in [1.54, 1.807) is 0 Å². The molecule has 0 spiro atoms. The Morgan fingerprint density at radius 3 is 2.71 bits per heavy atom. The van der Waals surface area contributed by atoms with Gasteiger partial charge in [-0.15, -0.1) is 0 Å². The van der Waals surface area contributed by atoms with E-state index in [0.29, 0.717) is 6.61 Å². The van der Waals surface area contributed by atoms with Crippen LogP contribution in [0.5, 0.6) is 5.75 Å². The van der Waals surface area contributed by atoms with Crippen molar-refractivity contribution in [2.75, 3.05) is 43.1 Å². The Kier molecular flexibility index (Phi) is 4.66. The predicted molar refractivity (Wildman–Crippen MR) is 124 cm³/mol. The first-order valence-electron chi connectivity index (χ1n) is 10.9. The zero-order valence-corrected chi connectivity index (χ0v) is 18.6. The van der Waals surface area contributed by atoms with Crippen LogP contribution in [0, 0.1) is 0 Å². The lowest BCUT2D eigenvalue weighted by Crippen LogP contribution is -2.67. The van der Waals surface area contributed by atoms with Crippen molar-refractivity contribution in [2.24, 2.45) is 5.10 Å².